The molecule has 7 nitrogen and oxygen atoms in total. The van der Waals surface area contributed by atoms with Gasteiger partial charge in [-0.05, 0) is 19.1 Å². The van der Waals surface area contributed by atoms with Crippen molar-refractivity contribution in [3.05, 3.63) is 50.6 Å². The highest BCUT2D eigenvalue weighted by atomic mass is 16.6. The fourth-order valence-electron chi connectivity index (χ4n) is 1.93. The van der Waals surface area contributed by atoms with Crippen LogP contribution >= 0.6 is 0 Å². The molecule has 0 aromatic heterocycles. The fraction of sp³-hybridized carbons (Fsp3) is 0.167. The van der Waals surface area contributed by atoms with E-state index in [0.29, 0.717) is 17.7 Å². The van der Waals surface area contributed by atoms with E-state index in [0.717, 1.165) is 0 Å². The molecule has 2 rings (SSSR count). The van der Waals surface area contributed by atoms with Crippen LogP contribution in [0.2, 0.25) is 0 Å². The summed E-state index contributed by atoms with van der Waals surface area (Å²) in [5.41, 5.74) is -0.600. The lowest BCUT2D eigenvalue weighted by Gasteiger charge is -2.07. The van der Waals surface area contributed by atoms with Gasteiger partial charge >= 0.3 is 0 Å². The third-order valence-electron chi connectivity index (χ3n) is 2.65. The maximum absolute atomic E-state index is 11.0. The van der Waals surface area contributed by atoms with Crippen LogP contribution in [0.4, 0.5) is 11.4 Å². The predicted octanol–water partition coefficient (Wildman–Crippen LogP) is 3.05. The summed E-state index contributed by atoms with van der Waals surface area (Å²) < 4.78 is 5.34. The predicted molar refractivity (Wildman–Crippen MR) is 68.4 cm³/mol. The Morgan fingerprint density at radius 1 is 1.05 bits per heavy atom. The van der Waals surface area contributed by atoms with Gasteiger partial charge in [0.2, 0.25) is 0 Å². The van der Waals surface area contributed by atoms with Gasteiger partial charge in [-0.2, -0.15) is 0 Å². The Hall–Kier alpha value is -2.70. The Morgan fingerprint density at radius 2 is 1.68 bits per heavy atom. The Kier molecular flexibility index (Phi) is 3.28. The van der Waals surface area contributed by atoms with Crippen molar-refractivity contribution >= 4 is 22.1 Å². The summed E-state index contributed by atoms with van der Waals surface area (Å²) in [5, 5.41) is 22.4. The number of nitro benzene ring substituents is 2. The third kappa shape index (κ3) is 2.17. The number of non-ortho nitro benzene ring substituents is 2. The summed E-state index contributed by atoms with van der Waals surface area (Å²) in [6.45, 7) is 2.14. The fourth-order valence-corrected chi connectivity index (χ4v) is 1.93. The molecule has 2 aromatic carbocycles. The molecular formula is C12H10N2O5. The molecule has 0 saturated heterocycles. The second-order valence-corrected chi connectivity index (χ2v) is 3.73. The molecule has 0 spiro atoms. The van der Waals surface area contributed by atoms with E-state index in [1.165, 1.54) is 24.3 Å². The molecular weight excluding hydrogens is 252 g/mol. The molecule has 98 valence electrons. The molecule has 0 amide bonds. The van der Waals surface area contributed by atoms with Gasteiger partial charge in [-0.1, -0.05) is 6.07 Å². The van der Waals surface area contributed by atoms with E-state index in [-0.39, 0.29) is 16.8 Å². The first-order chi connectivity index (χ1) is 9.06. The van der Waals surface area contributed by atoms with Gasteiger partial charge in [0.25, 0.3) is 11.4 Å². The van der Waals surface area contributed by atoms with Crippen LogP contribution in [0.25, 0.3) is 10.8 Å². The smallest absolute Gasteiger partial charge is 0.284 e. The standard InChI is InChI=1S/C12H10N2O5/c1-2-19-11-7-6-10(14(17)18)12-8(11)4-3-5-9(12)13(15)16/h3-7H,2H2,1H3. The van der Waals surface area contributed by atoms with Gasteiger partial charge in [0.15, 0.2) is 0 Å². The Morgan fingerprint density at radius 3 is 2.26 bits per heavy atom. The number of fused-ring (bicyclic) bond motifs is 1. The molecule has 0 aliphatic carbocycles. The zero-order valence-electron chi connectivity index (χ0n) is 10.0. The summed E-state index contributed by atoms with van der Waals surface area (Å²) >= 11 is 0. The zero-order valence-corrected chi connectivity index (χ0v) is 10.0. The van der Waals surface area contributed by atoms with Crippen molar-refractivity contribution in [3.8, 4) is 5.75 Å². The van der Waals surface area contributed by atoms with Crippen LogP contribution in [0, 0.1) is 20.2 Å². The number of benzene rings is 2. The second-order valence-electron chi connectivity index (χ2n) is 3.73. The lowest BCUT2D eigenvalue weighted by atomic mass is 10.1. The number of nitrogens with zero attached hydrogens (tertiary/aromatic N) is 2. The number of rotatable bonds is 4. The van der Waals surface area contributed by atoms with Gasteiger partial charge in [0, 0.05) is 17.5 Å². The minimum absolute atomic E-state index is 0.0107. The highest BCUT2D eigenvalue weighted by Crippen LogP contribution is 2.38. The zero-order chi connectivity index (χ0) is 14.0. The van der Waals surface area contributed by atoms with Gasteiger partial charge in [0.05, 0.1) is 16.5 Å². The molecule has 0 fully saturated rings. The monoisotopic (exact) mass is 262 g/mol. The molecule has 0 aliphatic rings. The van der Waals surface area contributed by atoms with E-state index in [1.54, 1.807) is 13.0 Å². The van der Waals surface area contributed by atoms with Crippen molar-refractivity contribution in [3.63, 3.8) is 0 Å². The van der Waals surface area contributed by atoms with Crippen LogP contribution < -0.4 is 4.74 Å². The van der Waals surface area contributed by atoms with Gasteiger partial charge in [-0.25, -0.2) is 0 Å². The maximum atomic E-state index is 11.0. The quantitative estimate of drug-likeness (QED) is 0.623. The summed E-state index contributed by atoms with van der Waals surface area (Å²) in [5.74, 6) is 0.395. The average Bonchev–Trinajstić information content (AvgIpc) is 2.38. The summed E-state index contributed by atoms with van der Waals surface area (Å²) in [6.07, 6.45) is 0. The van der Waals surface area contributed by atoms with Gasteiger partial charge in [-0.15, -0.1) is 0 Å². The van der Waals surface area contributed by atoms with Crippen molar-refractivity contribution in [2.24, 2.45) is 0 Å². The van der Waals surface area contributed by atoms with E-state index in [9.17, 15) is 20.2 Å². The summed E-state index contributed by atoms with van der Waals surface area (Å²) in [7, 11) is 0. The Labute approximate surface area is 107 Å². The van der Waals surface area contributed by atoms with Crippen LogP contribution in [0.15, 0.2) is 30.3 Å². The molecule has 0 N–H and O–H groups in total. The summed E-state index contributed by atoms with van der Waals surface area (Å²) in [4.78, 5) is 20.7. The first kappa shape index (κ1) is 12.7. The van der Waals surface area contributed by atoms with Crippen LogP contribution in [0.3, 0.4) is 0 Å². The van der Waals surface area contributed by atoms with Gasteiger partial charge in [0.1, 0.15) is 11.1 Å². The molecule has 0 radical (unpaired) electrons. The first-order valence-corrected chi connectivity index (χ1v) is 5.53. The summed E-state index contributed by atoms with van der Waals surface area (Å²) in [6, 6.07) is 6.96. The van der Waals surface area contributed by atoms with Crippen LogP contribution in [0.5, 0.6) is 5.75 Å². The minimum atomic E-state index is -0.634. The molecule has 2 aromatic rings. The normalized spacial score (nSPS) is 10.4. The van der Waals surface area contributed by atoms with Gasteiger partial charge in [-0.3, -0.25) is 20.2 Å². The molecule has 0 saturated carbocycles. The molecule has 0 aliphatic heterocycles. The van der Waals surface area contributed by atoms with E-state index < -0.39 is 9.85 Å². The second kappa shape index (κ2) is 4.89. The molecule has 0 heterocycles. The number of nitro groups is 2. The van der Waals surface area contributed by atoms with Crippen LogP contribution in [-0.2, 0) is 0 Å². The van der Waals surface area contributed by atoms with Crippen LogP contribution in [0.1, 0.15) is 6.92 Å². The Balaban J connectivity index is 2.88. The first-order valence-electron chi connectivity index (χ1n) is 5.53. The van der Waals surface area contributed by atoms with Crippen molar-refractivity contribution in [1.29, 1.82) is 0 Å². The van der Waals surface area contributed by atoms with Crippen molar-refractivity contribution in [1.82, 2.24) is 0 Å². The largest absolute Gasteiger partial charge is 0.493 e. The van der Waals surface area contributed by atoms with Crippen molar-refractivity contribution < 1.29 is 14.6 Å². The van der Waals surface area contributed by atoms with Crippen LogP contribution in [-0.4, -0.2) is 16.5 Å². The molecule has 0 unspecified atom stereocenters. The molecule has 0 atom stereocenters. The number of hydrogen-bond donors (Lipinski definition) is 0. The van der Waals surface area contributed by atoms with E-state index in [4.69, 9.17) is 4.74 Å². The Bertz CT molecular complexity index is 648. The van der Waals surface area contributed by atoms with Gasteiger partial charge < -0.3 is 4.74 Å². The maximum Gasteiger partial charge on any atom is 0.284 e. The average molecular weight is 262 g/mol. The van der Waals surface area contributed by atoms with E-state index >= 15 is 0 Å². The lowest BCUT2D eigenvalue weighted by Crippen LogP contribution is -1.98. The van der Waals surface area contributed by atoms with E-state index in [1.807, 2.05) is 0 Å². The topological polar surface area (TPSA) is 95.5 Å². The third-order valence-corrected chi connectivity index (χ3v) is 2.65. The van der Waals surface area contributed by atoms with Crippen molar-refractivity contribution in [2.45, 2.75) is 6.92 Å². The molecule has 0 bridgehead atoms. The van der Waals surface area contributed by atoms with Crippen molar-refractivity contribution in [2.75, 3.05) is 6.61 Å². The molecule has 19 heavy (non-hydrogen) atoms. The lowest BCUT2D eigenvalue weighted by molar-refractivity contribution is -0.390. The number of ether oxygens (including phenoxy) is 1. The minimum Gasteiger partial charge on any atom is -0.493 e. The van der Waals surface area contributed by atoms with E-state index in [2.05, 4.69) is 0 Å². The highest BCUT2D eigenvalue weighted by molar-refractivity contribution is 6.01. The molecule has 7 heteroatoms. The highest BCUT2D eigenvalue weighted by Gasteiger charge is 2.23. The number of hydrogen-bond acceptors (Lipinski definition) is 5. The SMILES string of the molecule is CCOc1ccc([N+](=O)[O-])c2c([N+](=O)[O-])cccc12.